The van der Waals surface area contributed by atoms with Crippen LogP contribution in [0.3, 0.4) is 0 Å². The van der Waals surface area contributed by atoms with Crippen molar-refractivity contribution in [2.75, 3.05) is 26.7 Å². The van der Waals surface area contributed by atoms with Gasteiger partial charge in [0.05, 0.1) is 12.7 Å². The lowest BCUT2D eigenvalue weighted by Crippen LogP contribution is -2.49. The number of hydrogen-bond acceptors (Lipinski definition) is 6. The summed E-state index contributed by atoms with van der Waals surface area (Å²) >= 11 is 0. The molecule has 0 aliphatic carbocycles. The van der Waals surface area contributed by atoms with Crippen molar-refractivity contribution >= 4 is 0 Å². The van der Waals surface area contributed by atoms with Gasteiger partial charge in [0.25, 0.3) is 0 Å². The van der Waals surface area contributed by atoms with E-state index in [0.717, 1.165) is 12.8 Å². The van der Waals surface area contributed by atoms with Crippen molar-refractivity contribution in [1.82, 2.24) is 4.90 Å². The second-order valence-corrected chi connectivity index (χ2v) is 8.47. The third-order valence-corrected chi connectivity index (χ3v) is 5.60. The molecule has 0 unspecified atom stereocenters. The summed E-state index contributed by atoms with van der Waals surface area (Å²) in [6, 6.07) is 0. The van der Waals surface area contributed by atoms with Crippen LogP contribution in [0.4, 0.5) is 0 Å². The van der Waals surface area contributed by atoms with Gasteiger partial charge < -0.3 is 30.4 Å². The normalized spacial score (nSPS) is 16.6. The number of rotatable bonds is 21. The van der Waals surface area contributed by atoms with E-state index in [2.05, 4.69) is 6.92 Å². The molecule has 0 saturated heterocycles. The molecule has 0 rings (SSSR count). The predicted octanol–water partition coefficient (Wildman–Crippen LogP) is 2.84. The van der Waals surface area contributed by atoms with E-state index in [1.165, 1.54) is 77.0 Å². The average molecular weight is 421 g/mol. The number of likely N-dealkylation sites (N-methyl/N-ethyl adjacent to an activating group) is 1. The molecule has 0 fully saturated rings. The minimum absolute atomic E-state index is 0.000866. The van der Waals surface area contributed by atoms with Crippen LogP contribution in [0.25, 0.3) is 0 Å². The fraction of sp³-hybridized carbons (Fsp3) is 1.00. The van der Waals surface area contributed by atoms with Crippen LogP contribution in [-0.2, 0) is 0 Å². The van der Waals surface area contributed by atoms with Gasteiger partial charge in [-0.05, 0) is 20.0 Å². The largest absolute Gasteiger partial charge is 0.394 e. The molecular weight excluding hydrogens is 370 g/mol. The zero-order valence-electron chi connectivity index (χ0n) is 19.7. The Bertz CT molecular complexity index is 364. The molecule has 0 bridgehead atoms. The van der Waals surface area contributed by atoms with Gasteiger partial charge in [-0.3, -0.25) is 0 Å². The number of unbranched alkanes of at least 4 members (excludes halogenated alkanes) is 13. The molecule has 0 aliphatic rings. The average Bonchev–Trinajstić information content (AvgIpc) is 2.76. The molecule has 0 heterocycles. The summed E-state index contributed by atoms with van der Waals surface area (Å²) in [5.41, 5.74) is 0. The van der Waals surface area contributed by atoms with E-state index < -0.39 is 31.0 Å². The van der Waals surface area contributed by atoms with E-state index in [4.69, 9.17) is 6.48 Å². The van der Waals surface area contributed by atoms with Crippen LogP contribution < -0.4 is 0 Å². The molecule has 5 N–H and O–H groups in total. The summed E-state index contributed by atoms with van der Waals surface area (Å²) in [5.74, 6) is 0. The van der Waals surface area contributed by atoms with Crippen LogP contribution in [0.1, 0.15) is 98.2 Å². The molecule has 29 heavy (non-hydrogen) atoms. The van der Waals surface area contributed by atoms with Crippen LogP contribution in [0.5, 0.6) is 0 Å². The second kappa shape index (κ2) is 19.7. The summed E-state index contributed by atoms with van der Waals surface area (Å²) in [5, 5.41) is 47.7. The minimum atomic E-state index is -1.61. The van der Waals surface area contributed by atoms with Gasteiger partial charge in [0.15, 0.2) is 0 Å². The van der Waals surface area contributed by atoms with Crippen LogP contribution >= 0.6 is 0 Å². The van der Waals surface area contributed by atoms with Crippen molar-refractivity contribution in [3.8, 4) is 0 Å². The highest BCUT2D eigenvalue weighted by Gasteiger charge is 2.30. The predicted molar refractivity (Wildman–Crippen MR) is 119 cm³/mol. The van der Waals surface area contributed by atoms with Crippen LogP contribution in [0.2, 0.25) is 0 Å². The molecule has 0 radical (unpaired) electrons. The van der Waals surface area contributed by atoms with E-state index in [9.17, 15) is 20.4 Å². The molecular formula is C23H49NO5. The van der Waals surface area contributed by atoms with Crippen LogP contribution in [0.15, 0.2) is 0 Å². The van der Waals surface area contributed by atoms with Crippen molar-refractivity contribution in [3.63, 3.8) is 0 Å². The fourth-order valence-electron chi connectivity index (χ4n) is 3.56. The first kappa shape index (κ1) is 26.8. The molecule has 0 amide bonds. The summed E-state index contributed by atoms with van der Waals surface area (Å²) in [7, 11) is 0.000866. The van der Waals surface area contributed by atoms with E-state index in [0.29, 0.717) is 6.54 Å². The Kier molecular flexibility index (Phi) is 18.2. The molecule has 0 aliphatic heterocycles. The van der Waals surface area contributed by atoms with Crippen molar-refractivity contribution < 1.29 is 26.9 Å². The van der Waals surface area contributed by atoms with Crippen molar-refractivity contribution in [2.24, 2.45) is 0 Å². The molecule has 0 spiro atoms. The molecule has 0 aromatic heterocycles. The zero-order valence-corrected chi connectivity index (χ0v) is 18.7. The maximum atomic E-state index is 10.0. The van der Waals surface area contributed by atoms with Gasteiger partial charge in [0.2, 0.25) is 0 Å². The zero-order chi connectivity index (χ0) is 22.6. The van der Waals surface area contributed by atoms with Gasteiger partial charge >= 0.3 is 0 Å². The molecule has 0 aromatic rings. The number of nitrogens with zero attached hydrogens (tertiary/aromatic N) is 1. The first-order valence-electron chi connectivity index (χ1n) is 12.5. The molecule has 6 heteroatoms. The quantitative estimate of drug-likeness (QED) is 0.183. The summed E-state index contributed by atoms with van der Waals surface area (Å²) in [6.45, 7) is 2.27. The lowest BCUT2D eigenvalue weighted by Gasteiger charge is -2.28. The maximum Gasteiger partial charge on any atom is 0.111 e. The van der Waals surface area contributed by atoms with Gasteiger partial charge in [-0.1, -0.05) is 90.4 Å². The maximum absolute atomic E-state index is 10.0. The number of aliphatic hydroxyl groups excluding tert-OH is 5. The summed E-state index contributed by atoms with van der Waals surface area (Å²) in [6.07, 6.45) is 12.0. The van der Waals surface area contributed by atoms with Gasteiger partial charge in [0.1, 0.15) is 18.3 Å². The third kappa shape index (κ3) is 16.2. The lowest BCUT2D eigenvalue weighted by atomic mass is 10.0. The molecule has 6 nitrogen and oxygen atoms in total. The molecule has 176 valence electrons. The second-order valence-electron chi connectivity index (χ2n) is 8.47. The van der Waals surface area contributed by atoms with Crippen LogP contribution in [-0.4, -0.2) is 81.6 Å². The van der Waals surface area contributed by atoms with Gasteiger partial charge in [0, 0.05) is 7.92 Å². The van der Waals surface area contributed by atoms with E-state index in [1.54, 1.807) is 4.90 Å². The first-order chi connectivity index (χ1) is 14.5. The fourth-order valence-corrected chi connectivity index (χ4v) is 3.56. The van der Waals surface area contributed by atoms with Crippen molar-refractivity contribution in [2.45, 2.75) is 121 Å². The molecule has 0 aromatic carbocycles. The highest BCUT2D eigenvalue weighted by atomic mass is 16.4. The highest BCUT2D eigenvalue weighted by molar-refractivity contribution is 4.82. The topological polar surface area (TPSA) is 104 Å². The Morgan fingerprint density at radius 3 is 1.48 bits per heavy atom. The van der Waals surface area contributed by atoms with Gasteiger partial charge in [-0.25, -0.2) is 0 Å². The standard InChI is InChI=1S/C23H49NO5/c1-3-4-5-6-7-8-9-10-11-12-13-14-15-16-17-24(2)18-20(26)22(28)23(29)21(27)19-25/h20-23,25-29H,3-19H2,1-2H3/t20-,21+,22+,23+/m0/s1/i2D. The Balaban J connectivity index is 3.65. The smallest absolute Gasteiger partial charge is 0.111 e. The Morgan fingerprint density at radius 2 is 1.07 bits per heavy atom. The van der Waals surface area contributed by atoms with E-state index in [-0.39, 0.29) is 13.6 Å². The van der Waals surface area contributed by atoms with Gasteiger partial charge in [-0.15, -0.1) is 0 Å². The highest BCUT2D eigenvalue weighted by Crippen LogP contribution is 2.13. The SMILES string of the molecule is [2H]CN(CCCCCCCCCCCCCCCC)C[C@H](O)[C@@H](O)[C@H](O)[C@H](O)CO. The number of hydrogen-bond donors (Lipinski definition) is 5. The third-order valence-electron chi connectivity index (χ3n) is 5.60. The number of aliphatic hydroxyl groups is 5. The summed E-state index contributed by atoms with van der Waals surface area (Å²) in [4.78, 5) is 1.71. The Hall–Kier alpha value is -0.240. The summed E-state index contributed by atoms with van der Waals surface area (Å²) < 4.78 is 7.58. The molecule has 4 atom stereocenters. The van der Waals surface area contributed by atoms with Gasteiger partial charge in [-0.2, -0.15) is 0 Å². The van der Waals surface area contributed by atoms with E-state index >= 15 is 0 Å². The minimum Gasteiger partial charge on any atom is -0.394 e. The van der Waals surface area contributed by atoms with Crippen LogP contribution in [0, 0.1) is 0 Å². The Labute approximate surface area is 180 Å². The van der Waals surface area contributed by atoms with E-state index in [1.807, 2.05) is 0 Å². The Morgan fingerprint density at radius 1 is 0.655 bits per heavy atom. The molecule has 0 saturated carbocycles. The monoisotopic (exact) mass is 420 g/mol. The lowest BCUT2D eigenvalue weighted by molar-refractivity contribution is -0.118. The van der Waals surface area contributed by atoms with Crippen molar-refractivity contribution in [1.29, 1.82) is 0 Å². The first-order valence-corrected chi connectivity index (χ1v) is 11.8. The van der Waals surface area contributed by atoms with Crippen molar-refractivity contribution in [3.05, 3.63) is 0 Å².